The summed E-state index contributed by atoms with van der Waals surface area (Å²) < 4.78 is 0. The Hall–Kier alpha value is -1.56. The average Bonchev–Trinajstić information content (AvgIpc) is 2.61. The summed E-state index contributed by atoms with van der Waals surface area (Å²) in [6.45, 7) is 0. The fourth-order valence-electron chi connectivity index (χ4n) is 0.950. The predicted molar refractivity (Wildman–Crippen MR) is 48.1 cm³/mol. The highest BCUT2D eigenvalue weighted by Crippen LogP contribution is 2.21. The van der Waals surface area contributed by atoms with E-state index in [0.717, 1.165) is 0 Å². The molecule has 6 heteroatoms. The Labute approximate surface area is 79.4 Å². The van der Waals surface area contributed by atoms with Crippen LogP contribution in [-0.4, -0.2) is 25.3 Å². The zero-order chi connectivity index (χ0) is 9.26. The van der Waals surface area contributed by atoms with E-state index < -0.39 is 0 Å². The smallest absolute Gasteiger partial charge is 0.162 e. The number of tetrazole rings is 1. The molecule has 0 saturated carbocycles. The highest BCUT2D eigenvalue weighted by molar-refractivity contribution is 7.80. The van der Waals surface area contributed by atoms with Gasteiger partial charge in [-0.3, -0.25) is 0 Å². The van der Waals surface area contributed by atoms with Crippen molar-refractivity contribution in [3.8, 4) is 11.4 Å². The highest BCUT2D eigenvalue weighted by Gasteiger charge is 2.04. The van der Waals surface area contributed by atoms with E-state index in [-0.39, 0.29) is 5.75 Å². The number of benzene rings is 1. The minimum atomic E-state index is 0.144. The first-order chi connectivity index (χ1) is 6.27. The Kier molecular flexibility index (Phi) is 1.90. The van der Waals surface area contributed by atoms with Gasteiger partial charge in [-0.15, -0.1) is 27.6 Å². The molecule has 2 rings (SSSR count). The summed E-state index contributed by atoms with van der Waals surface area (Å²) in [4.78, 5) is 1.97. The van der Waals surface area contributed by atoms with Crippen molar-refractivity contribution in [1.82, 2.24) is 20.2 Å². The van der Waals surface area contributed by atoms with Crippen LogP contribution in [0.25, 0.3) is 5.69 Å². The Balaban J connectivity index is 2.57. The molecule has 1 aromatic heterocycles. The van der Waals surface area contributed by atoms with Gasteiger partial charge in [0.2, 0.25) is 0 Å². The maximum absolute atomic E-state index is 9.21. The van der Waals surface area contributed by atoms with Gasteiger partial charge in [-0.2, -0.15) is 0 Å². The predicted octanol–water partition coefficient (Wildman–Crippen LogP) is 0.657. The van der Waals surface area contributed by atoms with E-state index in [2.05, 4.69) is 28.0 Å². The molecule has 66 valence electrons. The molecule has 0 bridgehead atoms. The minimum absolute atomic E-state index is 0.144. The number of phenols is 1. The van der Waals surface area contributed by atoms with Crippen LogP contribution in [0.2, 0.25) is 0 Å². The van der Waals surface area contributed by atoms with Crippen LogP contribution in [0.5, 0.6) is 5.75 Å². The monoisotopic (exact) mass is 194 g/mol. The van der Waals surface area contributed by atoms with Gasteiger partial charge in [0.15, 0.2) is 6.33 Å². The molecule has 0 radical (unpaired) electrons. The molecule has 1 aromatic carbocycles. The molecule has 0 aliphatic rings. The van der Waals surface area contributed by atoms with Crippen LogP contribution in [0.15, 0.2) is 29.4 Å². The van der Waals surface area contributed by atoms with E-state index in [1.165, 1.54) is 17.2 Å². The van der Waals surface area contributed by atoms with Gasteiger partial charge < -0.3 is 5.11 Å². The third kappa shape index (κ3) is 1.48. The van der Waals surface area contributed by atoms with Crippen molar-refractivity contribution in [2.75, 3.05) is 0 Å². The van der Waals surface area contributed by atoms with Gasteiger partial charge >= 0.3 is 0 Å². The molecular formula is C7H6N4OS. The van der Waals surface area contributed by atoms with Crippen molar-refractivity contribution >= 4 is 12.6 Å². The van der Waals surface area contributed by atoms with Gasteiger partial charge in [-0.25, -0.2) is 0 Å². The van der Waals surface area contributed by atoms with Crippen LogP contribution >= 0.6 is 12.6 Å². The number of phenolic OH excluding ortho intramolecular Hbond substituents is 1. The summed E-state index contributed by atoms with van der Waals surface area (Å²) in [6, 6.07) is 4.73. The molecule has 1 N–H and O–H groups in total. The molecule has 0 amide bonds. The number of thiol groups is 1. The lowest BCUT2D eigenvalue weighted by Gasteiger charge is -2.02. The molecule has 0 aliphatic carbocycles. The van der Waals surface area contributed by atoms with Gasteiger partial charge in [-0.1, -0.05) is 0 Å². The van der Waals surface area contributed by atoms with Gasteiger partial charge in [0, 0.05) is 11.0 Å². The zero-order valence-corrected chi connectivity index (χ0v) is 7.39. The second kappa shape index (κ2) is 3.06. The van der Waals surface area contributed by atoms with Crippen LogP contribution < -0.4 is 0 Å². The lowest BCUT2D eigenvalue weighted by molar-refractivity contribution is 0.473. The standard InChI is InChI=1S/C7H6N4OS/c12-5-1-2-7(13)6(3-5)11-9-4-8-10-11/h1-4,12-13H. The third-order valence-electron chi connectivity index (χ3n) is 1.52. The molecule has 0 saturated heterocycles. The first-order valence-electron chi connectivity index (χ1n) is 3.53. The number of hydrogen-bond acceptors (Lipinski definition) is 5. The van der Waals surface area contributed by atoms with Crippen molar-refractivity contribution in [3.05, 3.63) is 24.5 Å². The molecule has 5 nitrogen and oxygen atoms in total. The number of nitrogens with zero attached hydrogens (tertiary/aromatic N) is 4. The van der Waals surface area contributed by atoms with Crippen molar-refractivity contribution in [3.63, 3.8) is 0 Å². The van der Waals surface area contributed by atoms with E-state index in [9.17, 15) is 5.11 Å². The van der Waals surface area contributed by atoms with Gasteiger partial charge in [0.05, 0.1) is 0 Å². The summed E-state index contributed by atoms with van der Waals surface area (Å²) in [6.07, 6.45) is 1.32. The SMILES string of the molecule is Oc1ccc(S)c(-n2ncnn2)c1. The van der Waals surface area contributed by atoms with Crippen molar-refractivity contribution < 1.29 is 5.11 Å². The third-order valence-corrected chi connectivity index (χ3v) is 1.90. The van der Waals surface area contributed by atoms with E-state index in [4.69, 9.17) is 0 Å². The second-order valence-corrected chi connectivity index (χ2v) is 2.88. The lowest BCUT2D eigenvalue weighted by Crippen LogP contribution is -1.99. The van der Waals surface area contributed by atoms with Crippen molar-refractivity contribution in [2.45, 2.75) is 4.90 Å². The van der Waals surface area contributed by atoms with Crippen molar-refractivity contribution in [1.29, 1.82) is 0 Å². The average molecular weight is 194 g/mol. The van der Waals surface area contributed by atoms with Crippen LogP contribution in [-0.2, 0) is 0 Å². The van der Waals surface area contributed by atoms with Gasteiger partial charge in [0.25, 0.3) is 0 Å². The molecule has 0 spiro atoms. The minimum Gasteiger partial charge on any atom is -0.508 e. The normalized spacial score (nSPS) is 10.2. The Morgan fingerprint density at radius 2 is 2.23 bits per heavy atom. The fraction of sp³-hybridized carbons (Fsp3) is 0. The first kappa shape index (κ1) is 8.06. The maximum atomic E-state index is 9.21. The topological polar surface area (TPSA) is 63.8 Å². The maximum Gasteiger partial charge on any atom is 0.162 e. The summed E-state index contributed by atoms with van der Waals surface area (Å²) >= 11 is 4.19. The summed E-state index contributed by atoms with van der Waals surface area (Å²) in [5.41, 5.74) is 0.598. The fourth-order valence-corrected chi connectivity index (χ4v) is 1.18. The molecule has 1 heterocycles. The van der Waals surface area contributed by atoms with Crippen LogP contribution in [0.3, 0.4) is 0 Å². The number of hydrogen-bond donors (Lipinski definition) is 2. The van der Waals surface area contributed by atoms with E-state index in [1.54, 1.807) is 12.1 Å². The van der Waals surface area contributed by atoms with Crippen LogP contribution in [0.4, 0.5) is 0 Å². The molecule has 13 heavy (non-hydrogen) atoms. The molecule has 0 unspecified atom stereocenters. The van der Waals surface area contributed by atoms with E-state index in [1.807, 2.05) is 0 Å². The Morgan fingerprint density at radius 1 is 1.38 bits per heavy atom. The first-order valence-corrected chi connectivity index (χ1v) is 3.97. The second-order valence-electron chi connectivity index (χ2n) is 2.40. The van der Waals surface area contributed by atoms with Gasteiger partial charge in [-0.05, 0) is 17.3 Å². The largest absolute Gasteiger partial charge is 0.508 e. The summed E-state index contributed by atoms with van der Waals surface area (Å²) in [5.74, 6) is 0.144. The number of aromatic nitrogens is 4. The number of rotatable bonds is 1. The molecule has 0 fully saturated rings. The molecule has 0 atom stereocenters. The quantitative estimate of drug-likeness (QED) is 0.654. The Bertz CT molecular complexity index is 414. The van der Waals surface area contributed by atoms with E-state index in [0.29, 0.717) is 10.6 Å². The van der Waals surface area contributed by atoms with Crippen molar-refractivity contribution in [2.24, 2.45) is 0 Å². The number of aromatic hydroxyl groups is 1. The molecular weight excluding hydrogens is 188 g/mol. The molecule has 0 aliphatic heterocycles. The van der Waals surface area contributed by atoms with Crippen LogP contribution in [0.1, 0.15) is 0 Å². The Morgan fingerprint density at radius 3 is 2.92 bits per heavy atom. The van der Waals surface area contributed by atoms with E-state index >= 15 is 0 Å². The summed E-state index contributed by atoms with van der Waals surface area (Å²) in [5, 5.41) is 20.3. The highest BCUT2D eigenvalue weighted by atomic mass is 32.1. The zero-order valence-electron chi connectivity index (χ0n) is 6.49. The lowest BCUT2D eigenvalue weighted by atomic mass is 10.3. The van der Waals surface area contributed by atoms with Crippen LogP contribution in [0, 0.1) is 0 Å². The molecule has 2 aromatic rings. The summed E-state index contributed by atoms with van der Waals surface area (Å²) in [7, 11) is 0. The van der Waals surface area contributed by atoms with Gasteiger partial charge in [0.1, 0.15) is 11.4 Å².